The van der Waals surface area contributed by atoms with E-state index in [-0.39, 0.29) is 23.2 Å². The standard InChI is InChI=1S/C23H25ClN4O4S2/c1-33-20-10-9-18(14-19(20)23(29)28-11-4-2-3-5-12-28)34(30,31)25-15-21-26-22(27-32-21)16-7-6-8-17(24)13-16/h6-10,13-14,25H,2-5,11-12,15H2,1H3. The van der Waals surface area contributed by atoms with Gasteiger partial charge in [0.2, 0.25) is 21.7 Å². The Labute approximate surface area is 208 Å². The Morgan fingerprint density at radius 3 is 2.62 bits per heavy atom. The monoisotopic (exact) mass is 520 g/mol. The predicted molar refractivity (Wildman–Crippen MR) is 131 cm³/mol. The molecule has 34 heavy (non-hydrogen) atoms. The third-order valence-electron chi connectivity index (χ3n) is 5.57. The summed E-state index contributed by atoms with van der Waals surface area (Å²) >= 11 is 7.42. The predicted octanol–water partition coefficient (Wildman–Crippen LogP) is 4.61. The van der Waals surface area contributed by atoms with Crippen LogP contribution < -0.4 is 4.72 Å². The fourth-order valence-corrected chi connectivity index (χ4v) is 5.54. The smallest absolute Gasteiger partial charge is 0.255 e. The van der Waals surface area contributed by atoms with Crippen molar-refractivity contribution in [1.29, 1.82) is 0 Å². The molecule has 0 radical (unpaired) electrons. The van der Waals surface area contributed by atoms with Gasteiger partial charge in [0.25, 0.3) is 5.91 Å². The Bertz CT molecular complexity index is 1270. The maximum absolute atomic E-state index is 13.2. The number of likely N-dealkylation sites (tertiary alicyclic amines) is 1. The Morgan fingerprint density at radius 2 is 1.91 bits per heavy atom. The van der Waals surface area contributed by atoms with Crippen LogP contribution in [0.2, 0.25) is 5.02 Å². The molecular weight excluding hydrogens is 496 g/mol. The Kier molecular flexibility index (Phi) is 7.92. The maximum Gasteiger partial charge on any atom is 0.255 e. The molecule has 0 atom stereocenters. The molecule has 11 heteroatoms. The van der Waals surface area contributed by atoms with E-state index >= 15 is 0 Å². The highest BCUT2D eigenvalue weighted by atomic mass is 35.5. The Morgan fingerprint density at radius 1 is 1.15 bits per heavy atom. The van der Waals surface area contributed by atoms with Crippen LogP contribution in [0.1, 0.15) is 41.9 Å². The molecule has 0 bridgehead atoms. The summed E-state index contributed by atoms with van der Waals surface area (Å²) < 4.78 is 33.6. The van der Waals surface area contributed by atoms with Crippen LogP contribution in [0.4, 0.5) is 0 Å². The van der Waals surface area contributed by atoms with E-state index < -0.39 is 10.0 Å². The second kappa shape index (κ2) is 10.9. The molecule has 0 spiro atoms. The fraction of sp³-hybridized carbons (Fsp3) is 0.348. The van der Waals surface area contributed by atoms with Crippen LogP contribution in [0.3, 0.4) is 0 Å². The van der Waals surface area contributed by atoms with Crippen molar-refractivity contribution in [3.05, 3.63) is 58.9 Å². The van der Waals surface area contributed by atoms with Crippen molar-refractivity contribution in [3.8, 4) is 11.4 Å². The third-order valence-corrected chi connectivity index (χ3v) is 8.00. The highest BCUT2D eigenvalue weighted by Gasteiger charge is 2.24. The molecule has 180 valence electrons. The molecule has 8 nitrogen and oxygen atoms in total. The molecule has 0 aliphatic carbocycles. The van der Waals surface area contributed by atoms with Crippen LogP contribution in [0, 0.1) is 0 Å². The molecule has 1 amide bonds. The molecule has 1 fully saturated rings. The minimum atomic E-state index is -3.92. The molecule has 2 heterocycles. The second-order valence-electron chi connectivity index (χ2n) is 7.92. The van der Waals surface area contributed by atoms with Crippen molar-refractivity contribution in [1.82, 2.24) is 19.8 Å². The number of nitrogens with one attached hydrogen (secondary N) is 1. The summed E-state index contributed by atoms with van der Waals surface area (Å²) in [5.41, 5.74) is 1.06. The largest absolute Gasteiger partial charge is 0.339 e. The summed E-state index contributed by atoms with van der Waals surface area (Å²) in [6.45, 7) is 1.19. The molecule has 2 aromatic carbocycles. The van der Waals surface area contributed by atoms with Gasteiger partial charge in [0.15, 0.2) is 0 Å². The number of thioether (sulfide) groups is 1. The van der Waals surface area contributed by atoms with Gasteiger partial charge in [-0.1, -0.05) is 41.7 Å². The zero-order chi connectivity index (χ0) is 24.1. The molecule has 1 aliphatic rings. The van der Waals surface area contributed by atoms with Crippen LogP contribution in [-0.4, -0.2) is 48.7 Å². The summed E-state index contributed by atoms with van der Waals surface area (Å²) in [6, 6.07) is 11.6. The number of nitrogens with zero attached hydrogens (tertiary/aromatic N) is 3. The number of halogens is 1. The highest BCUT2D eigenvalue weighted by Crippen LogP contribution is 2.26. The fourth-order valence-electron chi connectivity index (χ4n) is 3.78. The number of aromatic nitrogens is 2. The molecule has 0 saturated carbocycles. The van der Waals surface area contributed by atoms with Gasteiger partial charge < -0.3 is 9.42 Å². The first kappa shape index (κ1) is 24.7. The second-order valence-corrected chi connectivity index (χ2v) is 11.0. The average molecular weight is 521 g/mol. The maximum atomic E-state index is 13.2. The first-order valence-electron chi connectivity index (χ1n) is 10.9. The van der Waals surface area contributed by atoms with Gasteiger partial charge in [-0.3, -0.25) is 4.79 Å². The normalized spacial score (nSPS) is 14.7. The van der Waals surface area contributed by atoms with E-state index in [1.165, 1.54) is 23.9 Å². The van der Waals surface area contributed by atoms with Crippen molar-refractivity contribution >= 4 is 39.3 Å². The minimum absolute atomic E-state index is 0.0121. The van der Waals surface area contributed by atoms with Gasteiger partial charge in [-0.25, -0.2) is 13.1 Å². The van der Waals surface area contributed by atoms with Crippen molar-refractivity contribution in [2.75, 3.05) is 19.3 Å². The summed E-state index contributed by atoms with van der Waals surface area (Å²) in [4.78, 5) is 20.0. The molecule has 1 saturated heterocycles. The quantitative estimate of drug-likeness (QED) is 0.453. The van der Waals surface area contributed by atoms with E-state index in [0.717, 1.165) is 30.6 Å². The van der Waals surface area contributed by atoms with Gasteiger partial charge >= 0.3 is 0 Å². The number of rotatable bonds is 7. The lowest BCUT2D eigenvalue weighted by atomic mass is 10.2. The topological polar surface area (TPSA) is 105 Å². The van der Waals surface area contributed by atoms with Gasteiger partial charge in [0.05, 0.1) is 17.0 Å². The summed E-state index contributed by atoms with van der Waals surface area (Å²) in [5, 5.41) is 4.42. The molecule has 4 rings (SSSR count). The van der Waals surface area contributed by atoms with E-state index in [0.29, 0.717) is 35.1 Å². The molecule has 3 aromatic rings. The third kappa shape index (κ3) is 5.80. The van der Waals surface area contributed by atoms with Crippen LogP contribution in [0.5, 0.6) is 0 Å². The summed E-state index contributed by atoms with van der Waals surface area (Å²) in [5.74, 6) is 0.290. The Hall–Kier alpha value is -2.40. The zero-order valence-electron chi connectivity index (χ0n) is 18.7. The number of sulfonamides is 1. The summed E-state index contributed by atoms with van der Waals surface area (Å²) in [6.07, 6.45) is 5.99. The van der Waals surface area contributed by atoms with E-state index in [1.54, 1.807) is 30.3 Å². The molecular formula is C23H25ClN4O4S2. The number of hydrogen-bond acceptors (Lipinski definition) is 7. The van der Waals surface area contributed by atoms with Crippen LogP contribution in [0.15, 0.2) is 56.8 Å². The SMILES string of the molecule is CSc1ccc(S(=O)(=O)NCc2nc(-c3cccc(Cl)c3)no2)cc1C(=O)N1CCCCCC1. The van der Waals surface area contributed by atoms with E-state index in [2.05, 4.69) is 14.9 Å². The molecule has 1 N–H and O–H groups in total. The number of carbonyl (C=O) groups is 1. The van der Waals surface area contributed by atoms with Crippen LogP contribution >= 0.6 is 23.4 Å². The molecule has 1 aromatic heterocycles. The van der Waals surface area contributed by atoms with Crippen LogP contribution in [-0.2, 0) is 16.6 Å². The number of benzene rings is 2. The van der Waals surface area contributed by atoms with Crippen molar-refractivity contribution < 1.29 is 17.7 Å². The number of carbonyl (C=O) groups excluding carboxylic acids is 1. The van der Waals surface area contributed by atoms with Crippen molar-refractivity contribution in [2.45, 2.75) is 42.0 Å². The average Bonchev–Trinajstić information content (AvgIpc) is 3.15. The van der Waals surface area contributed by atoms with Gasteiger partial charge in [-0.05, 0) is 49.4 Å². The molecule has 1 aliphatic heterocycles. The Balaban J connectivity index is 1.51. The lowest BCUT2D eigenvalue weighted by Gasteiger charge is -2.22. The van der Waals surface area contributed by atoms with E-state index in [4.69, 9.17) is 16.1 Å². The number of amides is 1. The molecule has 0 unspecified atom stereocenters. The lowest BCUT2D eigenvalue weighted by Crippen LogP contribution is -2.32. The van der Waals surface area contributed by atoms with Gasteiger partial charge in [-0.2, -0.15) is 4.98 Å². The van der Waals surface area contributed by atoms with Gasteiger partial charge in [0, 0.05) is 28.6 Å². The first-order valence-corrected chi connectivity index (χ1v) is 14.0. The van der Waals surface area contributed by atoms with Crippen LogP contribution in [0.25, 0.3) is 11.4 Å². The van der Waals surface area contributed by atoms with Crippen molar-refractivity contribution in [3.63, 3.8) is 0 Å². The number of hydrogen-bond donors (Lipinski definition) is 1. The van der Waals surface area contributed by atoms with Gasteiger partial charge in [0.1, 0.15) is 0 Å². The first-order chi connectivity index (χ1) is 16.4. The lowest BCUT2D eigenvalue weighted by molar-refractivity contribution is 0.0758. The zero-order valence-corrected chi connectivity index (χ0v) is 21.0. The highest BCUT2D eigenvalue weighted by molar-refractivity contribution is 7.98. The minimum Gasteiger partial charge on any atom is -0.339 e. The van der Waals surface area contributed by atoms with Crippen molar-refractivity contribution in [2.24, 2.45) is 0 Å². The van der Waals surface area contributed by atoms with E-state index in [1.807, 2.05) is 11.2 Å². The van der Waals surface area contributed by atoms with Gasteiger partial charge in [-0.15, -0.1) is 11.8 Å². The summed E-state index contributed by atoms with van der Waals surface area (Å²) in [7, 11) is -3.92. The van der Waals surface area contributed by atoms with E-state index in [9.17, 15) is 13.2 Å².